The van der Waals surface area contributed by atoms with Crippen LogP contribution in [0.3, 0.4) is 0 Å². The van der Waals surface area contributed by atoms with Crippen molar-refractivity contribution in [3.8, 4) is 11.4 Å². The molecule has 2 N–H and O–H groups in total. The van der Waals surface area contributed by atoms with Gasteiger partial charge in [0.2, 0.25) is 5.95 Å². The number of aromatic nitrogens is 4. The van der Waals surface area contributed by atoms with Crippen molar-refractivity contribution in [1.29, 1.82) is 0 Å². The zero-order valence-corrected chi connectivity index (χ0v) is 15.7. The topological polar surface area (TPSA) is 84.8 Å². The summed E-state index contributed by atoms with van der Waals surface area (Å²) < 4.78 is 7.31. The van der Waals surface area contributed by atoms with Crippen LogP contribution in [0.1, 0.15) is 19.4 Å². The average molecular weight is 375 g/mol. The summed E-state index contributed by atoms with van der Waals surface area (Å²) in [7, 11) is 0. The summed E-state index contributed by atoms with van der Waals surface area (Å²) in [5.41, 5.74) is 2.19. The Hall–Kier alpha value is -3.61. The van der Waals surface area contributed by atoms with E-state index in [1.807, 2.05) is 68.4 Å². The maximum atomic E-state index is 12.4. The summed E-state index contributed by atoms with van der Waals surface area (Å²) in [6, 6.07) is 17.4. The highest BCUT2D eigenvalue weighted by Gasteiger charge is 2.11. The molecule has 0 aliphatic rings. The Morgan fingerprint density at radius 2 is 1.86 bits per heavy atom. The van der Waals surface area contributed by atoms with Crippen molar-refractivity contribution in [2.24, 2.45) is 0 Å². The van der Waals surface area contributed by atoms with Crippen LogP contribution in [0.4, 0.5) is 5.95 Å². The monoisotopic (exact) mass is 375 g/mol. The molecule has 0 fully saturated rings. The van der Waals surface area contributed by atoms with Gasteiger partial charge in [0.25, 0.3) is 5.56 Å². The second-order valence-corrected chi connectivity index (χ2v) is 6.71. The van der Waals surface area contributed by atoms with E-state index >= 15 is 0 Å². The summed E-state index contributed by atoms with van der Waals surface area (Å²) in [6.45, 7) is 4.51. The Morgan fingerprint density at radius 1 is 1.11 bits per heavy atom. The molecule has 0 amide bonds. The van der Waals surface area contributed by atoms with E-state index in [9.17, 15) is 4.79 Å². The number of para-hydroxylation sites is 1. The number of hydrogen-bond donors (Lipinski definition) is 2. The number of fused-ring (bicyclic) bond motifs is 1. The first-order valence-electron chi connectivity index (χ1n) is 9.13. The zero-order valence-electron chi connectivity index (χ0n) is 15.7. The predicted octanol–water partition coefficient (Wildman–Crippen LogP) is 3.51. The highest BCUT2D eigenvalue weighted by molar-refractivity contribution is 5.76. The van der Waals surface area contributed by atoms with Crippen LogP contribution in [0.5, 0.6) is 5.75 Å². The van der Waals surface area contributed by atoms with Gasteiger partial charge in [0.05, 0.1) is 18.0 Å². The van der Waals surface area contributed by atoms with E-state index in [0.717, 1.165) is 17.0 Å². The third-order valence-electron chi connectivity index (χ3n) is 4.19. The molecule has 2 aromatic heterocycles. The molecule has 142 valence electrons. The molecule has 0 saturated carbocycles. The summed E-state index contributed by atoms with van der Waals surface area (Å²) in [6.07, 6.45) is 1.67. The minimum absolute atomic E-state index is 0.138. The van der Waals surface area contributed by atoms with Crippen LogP contribution >= 0.6 is 0 Å². The molecule has 0 aliphatic heterocycles. The highest BCUT2D eigenvalue weighted by Crippen LogP contribution is 2.16. The van der Waals surface area contributed by atoms with E-state index < -0.39 is 0 Å². The lowest BCUT2D eigenvalue weighted by Crippen LogP contribution is -2.13. The molecule has 0 atom stereocenters. The average Bonchev–Trinajstić information content (AvgIpc) is 3.12. The minimum Gasteiger partial charge on any atom is -0.491 e. The van der Waals surface area contributed by atoms with Crippen molar-refractivity contribution in [1.82, 2.24) is 19.7 Å². The maximum absolute atomic E-state index is 12.4. The molecule has 0 radical (unpaired) electrons. The van der Waals surface area contributed by atoms with E-state index in [4.69, 9.17) is 4.74 Å². The predicted molar refractivity (Wildman–Crippen MR) is 109 cm³/mol. The number of nitrogens with zero attached hydrogens (tertiary/aromatic N) is 3. The van der Waals surface area contributed by atoms with Crippen molar-refractivity contribution >= 4 is 17.0 Å². The quantitative estimate of drug-likeness (QED) is 0.539. The molecule has 0 aliphatic carbocycles. The van der Waals surface area contributed by atoms with Gasteiger partial charge in [-0.15, -0.1) is 0 Å². The molecule has 2 heterocycles. The highest BCUT2D eigenvalue weighted by atomic mass is 16.5. The molecule has 4 rings (SSSR count). The smallest absolute Gasteiger partial charge is 0.263 e. The van der Waals surface area contributed by atoms with Gasteiger partial charge in [-0.05, 0) is 43.7 Å². The van der Waals surface area contributed by atoms with Gasteiger partial charge >= 0.3 is 0 Å². The summed E-state index contributed by atoms with van der Waals surface area (Å²) in [4.78, 5) is 19.7. The minimum atomic E-state index is -0.227. The van der Waals surface area contributed by atoms with Gasteiger partial charge in [0.1, 0.15) is 11.1 Å². The Balaban J connectivity index is 1.57. The van der Waals surface area contributed by atoms with E-state index in [-0.39, 0.29) is 11.7 Å². The molecule has 0 saturated heterocycles. The molecule has 4 aromatic rings. The standard InChI is InChI=1S/C21H21N5O2/c1-14(2)28-17-10-8-15(9-11-17)12-22-21-24-19-18(20(27)25-21)13-23-26(19)16-6-4-3-5-7-16/h3-11,13-14H,12H2,1-2H3,(H2,22,24,25,27). The Bertz CT molecular complexity index is 1130. The van der Waals surface area contributed by atoms with Gasteiger partial charge in [-0.1, -0.05) is 30.3 Å². The normalized spacial score (nSPS) is 11.1. The lowest BCUT2D eigenvalue weighted by Gasteiger charge is -2.10. The number of hydrogen-bond acceptors (Lipinski definition) is 5. The molecular formula is C21H21N5O2. The van der Waals surface area contributed by atoms with Crippen LogP contribution < -0.4 is 15.6 Å². The molecule has 7 nitrogen and oxygen atoms in total. The van der Waals surface area contributed by atoms with Gasteiger partial charge < -0.3 is 10.1 Å². The number of ether oxygens (including phenoxy) is 1. The summed E-state index contributed by atoms with van der Waals surface area (Å²) >= 11 is 0. The van der Waals surface area contributed by atoms with Crippen LogP contribution in [0.2, 0.25) is 0 Å². The molecule has 0 bridgehead atoms. The van der Waals surface area contributed by atoms with Crippen LogP contribution in [0, 0.1) is 0 Å². The van der Waals surface area contributed by atoms with Crippen molar-refractivity contribution in [3.05, 3.63) is 76.7 Å². The summed E-state index contributed by atoms with van der Waals surface area (Å²) in [5.74, 6) is 1.23. The number of nitrogens with one attached hydrogen (secondary N) is 2. The second kappa shape index (κ2) is 7.56. The molecule has 7 heteroatoms. The first-order chi connectivity index (χ1) is 13.6. The third kappa shape index (κ3) is 3.73. The first kappa shape index (κ1) is 17.8. The van der Waals surface area contributed by atoms with Crippen LogP contribution in [0.25, 0.3) is 16.7 Å². The fourth-order valence-electron chi connectivity index (χ4n) is 2.90. The number of H-pyrrole nitrogens is 1. The lowest BCUT2D eigenvalue weighted by atomic mass is 10.2. The molecular weight excluding hydrogens is 354 g/mol. The van der Waals surface area contributed by atoms with Crippen LogP contribution in [-0.2, 0) is 6.54 Å². The second-order valence-electron chi connectivity index (χ2n) is 6.71. The molecule has 0 unspecified atom stereocenters. The molecule has 0 spiro atoms. The Labute approximate surface area is 162 Å². The first-order valence-corrected chi connectivity index (χ1v) is 9.13. The van der Waals surface area contributed by atoms with Crippen LogP contribution in [-0.4, -0.2) is 25.9 Å². The summed E-state index contributed by atoms with van der Waals surface area (Å²) in [5, 5.41) is 7.93. The van der Waals surface area contributed by atoms with Gasteiger partial charge in [-0.2, -0.15) is 10.1 Å². The van der Waals surface area contributed by atoms with E-state index in [1.54, 1.807) is 4.68 Å². The van der Waals surface area contributed by atoms with Crippen LogP contribution in [0.15, 0.2) is 65.6 Å². The van der Waals surface area contributed by atoms with Crippen molar-refractivity contribution in [3.63, 3.8) is 0 Å². The number of rotatable bonds is 6. The zero-order chi connectivity index (χ0) is 19.5. The number of aromatic amines is 1. The number of benzene rings is 2. The van der Waals surface area contributed by atoms with Crippen molar-refractivity contribution in [2.75, 3.05) is 5.32 Å². The Kier molecular flexibility index (Phi) is 4.80. The fourth-order valence-corrected chi connectivity index (χ4v) is 2.90. The van der Waals surface area contributed by atoms with E-state index in [2.05, 4.69) is 20.4 Å². The van der Waals surface area contributed by atoms with Gasteiger partial charge in [0, 0.05) is 6.54 Å². The van der Waals surface area contributed by atoms with E-state index in [1.165, 1.54) is 6.20 Å². The fraction of sp³-hybridized carbons (Fsp3) is 0.190. The third-order valence-corrected chi connectivity index (χ3v) is 4.19. The molecule has 2 aromatic carbocycles. The maximum Gasteiger partial charge on any atom is 0.263 e. The van der Waals surface area contributed by atoms with Gasteiger partial charge in [0.15, 0.2) is 5.65 Å². The Morgan fingerprint density at radius 3 is 2.57 bits per heavy atom. The lowest BCUT2D eigenvalue weighted by molar-refractivity contribution is 0.242. The van der Waals surface area contributed by atoms with Gasteiger partial charge in [-0.25, -0.2) is 4.68 Å². The largest absolute Gasteiger partial charge is 0.491 e. The van der Waals surface area contributed by atoms with Gasteiger partial charge in [-0.3, -0.25) is 9.78 Å². The van der Waals surface area contributed by atoms with E-state index in [0.29, 0.717) is 23.5 Å². The molecule has 28 heavy (non-hydrogen) atoms. The number of anilines is 1. The SMILES string of the molecule is CC(C)Oc1ccc(CNc2nc3c(cnn3-c3ccccc3)c(=O)[nH]2)cc1. The van der Waals surface area contributed by atoms with Crippen molar-refractivity contribution in [2.45, 2.75) is 26.5 Å². The van der Waals surface area contributed by atoms with Crippen molar-refractivity contribution < 1.29 is 4.74 Å².